The lowest BCUT2D eigenvalue weighted by Gasteiger charge is -2.17. The summed E-state index contributed by atoms with van der Waals surface area (Å²) in [5.41, 5.74) is 6.28. The van der Waals surface area contributed by atoms with Crippen LogP contribution >= 0.6 is 0 Å². The van der Waals surface area contributed by atoms with Crippen molar-refractivity contribution < 1.29 is 18.6 Å². The number of methoxy groups -OCH3 is 1. The van der Waals surface area contributed by atoms with Gasteiger partial charge in [-0.1, -0.05) is 0 Å². The first-order chi connectivity index (χ1) is 9.02. The van der Waals surface area contributed by atoms with Crippen molar-refractivity contribution in [2.24, 2.45) is 0 Å². The molecule has 0 aliphatic heterocycles. The van der Waals surface area contributed by atoms with Crippen molar-refractivity contribution in [2.75, 3.05) is 12.8 Å². The van der Waals surface area contributed by atoms with Gasteiger partial charge < -0.3 is 15.6 Å². The molecule has 1 unspecified atom stereocenters. The fourth-order valence-corrected chi connectivity index (χ4v) is 1.87. The Morgan fingerprint density at radius 2 is 1.63 bits per heavy atom. The summed E-state index contributed by atoms with van der Waals surface area (Å²) >= 11 is 0. The number of aliphatic hydroxyl groups is 1. The zero-order valence-corrected chi connectivity index (χ0v) is 10.2. The van der Waals surface area contributed by atoms with Gasteiger partial charge in [-0.25, -0.2) is 8.78 Å². The van der Waals surface area contributed by atoms with E-state index in [0.29, 0.717) is 5.75 Å². The van der Waals surface area contributed by atoms with Crippen LogP contribution in [0.25, 0.3) is 0 Å². The normalized spacial score (nSPS) is 12.2. The molecule has 0 aromatic heterocycles. The molecule has 2 rings (SSSR count). The smallest absolute Gasteiger partial charge is 0.125 e. The van der Waals surface area contributed by atoms with Crippen LogP contribution < -0.4 is 10.5 Å². The number of rotatable bonds is 3. The number of ether oxygens (including phenoxy) is 1. The number of anilines is 1. The number of benzene rings is 2. The molecule has 0 aliphatic rings. The summed E-state index contributed by atoms with van der Waals surface area (Å²) in [5.74, 6) is -0.749. The summed E-state index contributed by atoms with van der Waals surface area (Å²) in [5, 5.41) is 10.2. The molecule has 3 nitrogen and oxygen atoms in total. The highest BCUT2D eigenvalue weighted by Crippen LogP contribution is 2.33. The highest BCUT2D eigenvalue weighted by atomic mass is 19.1. The van der Waals surface area contributed by atoms with Gasteiger partial charge in [-0.15, -0.1) is 0 Å². The number of hydrogen-bond donors (Lipinski definition) is 2. The minimum atomic E-state index is -1.26. The minimum absolute atomic E-state index is 0.170. The summed E-state index contributed by atoms with van der Waals surface area (Å²) in [6, 6.07) is 7.39. The largest absolute Gasteiger partial charge is 0.496 e. The lowest BCUT2D eigenvalue weighted by Crippen LogP contribution is -2.06. The molecule has 0 heterocycles. The van der Waals surface area contributed by atoms with Gasteiger partial charge in [-0.05, 0) is 36.4 Å². The Balaban J connectivity index is 2.51. The maximum atomic E-state index is 13.3. The summed E-state index contributed by atoms with van der Waals surface area (Å²) in [6.07, 6.45) is -1.26. The topological polar surface area (TPSA) is 55.5 Å². The second-order valence-electron chi connectivity index (χ2n) is 4.06. The lowest BCUT2D eigenvalue weighted by atomic mass is 9.99. The van der Waals surface area contributed by atoms with Crippen LogP contribution in [0.15, 0.2) is 36.4 Å². The second-order valence-corrected chi connectivity index (χ2v) is 4.06. The van der Waals surface area contributed by atoms with Crippen molar-refractivity contribution in [1.82, 2.24) is 0 Å². The number of halogens is 2. The Morgan fingerprint density at radius 3 is 2.26 bits per heavy atom. The molecule has 3 N–H and O–H groups in total. The molecule has 0 saturated carbocycles. The maximum absolute atomic E-state index is 13.3. The van der Waals surface area contributed by atoms with Crippen LogP contribution in [0, 0.1) is 11.6 Å². The van der Waals surface area contributed by atoms with Gasteiger partial charge in [-0.3, -0.25) is 0 Å². The van der Waals surface area contributed by atoms with Gasteiger partial charge in [-0.2, -0.15) is 0 Å². The number of nitrogen functional groups attached to an aromatic ring is 1. The molecule has 0 radical (unpaired) electrons. The van der Waals surface area contributed by atoms with Gasteiger partial charge in [0.2, 0.25) is 0 Å². The van der Waals surface area contributed by atoms with E-state index in [9.17, 15) is 13.9 Å². The number of aliphatic hydroxyl groups excluding tert-OH is 1. The molecular formula is C14H13F2NO2. The first-order valence-electron chi connectivity index (χ1n) is 5.59. The van der Waals surface area contributed by atoms with E-state index in [1.54, 1.807) is 0 Å². The van der Waals surface area contributed by atoms with Crippen molar-refractivity contribution in [3.8, 4) is 5.75 Å². The Morgan fingerprint density at radius 1 is 1.05 bits per heavy atom. The van der Waals surface area contributed by atoms with Gasteiger partial charge in [0.1, 0.15) is 23.5 Å². The van der Waals surface area contributed by atoms with Crippen LogP contribution in [0.4, 0.5) is 14.5 Å². The summed E-state index contributed by atoms with van der Waals surface area (Å²) in [6.45, 7) is 0. The molecule has 0 saturated heterocycles. The van der Waals surface area contributed by atoms with Crippen LogP contribution in [0.1, 0.15) is 17.2 Å². The molecule has 2 aromatic carbocycles. The predicted octanol–water partition coefficient (Wildman–Crippen LogP) is 2.64. The van der Waals surface area contributed by atoms with Gasteiger partial charge >= 0.3 is 0 Å². The monoisotopic (exact) mass is 265 g/mol. The molecular weight excluding hydrogens is 252 g/mol. The number of hydrogen-bond acceptors (Lipinski definition) is 3. The Kier molecular flexibility index (Phi) is 3.66. The fraction of sp³-hybridized carbons (Fsp3) is 0.143. The van der Waals surface area contributed by atoms with E-state index >= 15 is 0 Å². The highest BCUT2D eigenvalue weighted by Gasteiger charge is 2.19. The molecule has 0 spiro atoms. The summed E-state index contributed by atoms with van der Waals surface area (Å²) in [7, 11) is 1.40. The molecule has 0 aliphatic carbocycles. The lowest BCUT2D eigenvalue weighted by molar-refractivity contribution is 0.214. The van der Waals surface area contributed by atoms with E-state index in [0.717, 1.165) is 12.1 Å². The minimum Gasteiger partial charge on any atom is -0.496 e. The third-order valence-corrected chi connectivity index (χ3v) is 2.83. The zero-order chi connectivity index (χ0) is 14.0. The van der Waals surface area contributed by atoms with Crippen LogP contribution in [0.3, 0.4) is 0 Å². The van der Waals surface area contributed by atoms with E-state index in [1.165, 1.54) is 31.4 Å². The average Bonchev–Trinajstić information content (AvgIpc) is 2.40. The van der Waals surface area contributed by atoms with Crippen molar-refractivity contribution >= 4 is 5.69 Å². The van der Waals surface area contributed by atoms with Gasteiger partial charge in [0, 0.05) is 16.8 Å². The van der Waals surface area contributed by atoms with Gasteiger partial charge in [0.05, 0.1) is 7.11 Å². The Hall–Kier alpha value is -2.14. The quantitative estimate of drug-likeness (QED) is 0.839. The third-order valence-electron chi connectivity index (χ3n) is 2.83. The van der Waals surface area contributed by atoms with E-state index in [4.69, 9.17) is 10.5 Å². The predicted molar refractivity (Wildman–Crippen MR) is 67.8 cm³/mol. The van der Waals surface area contributed by atoms with E-state index in [1.807, 2.05) is 0 Å². The van der Waals surface area contributed by atoms with Crippen molar-refractivity contribution in [3.63, 3.8) is 0 Å². The molecule has 19 heavy (non-hydrogen) atoms. The summed E-state index contributed by atoms with van der Waals surface area (Å²) < 4.78 is 31.5. The molecule has 1 atom stereocenters. The molecule has 5 heteroatoms. The van der Waals surface area contributed by atoms with Crippen LogP contribution in [-0.4, -0.2) is 12.2 Å². The average molecular weight is 265 g/mol. The van der Waals surface area contributed by atoms with Crippen LogP contribution in [0.2, 0.25) is 0 Å². The van der Waals surface area contributed by atoms with Crippen LogP contribution in [0.5, 0.6) is 5.75 Å². The Labute approximate surface area is 109 Å². The molecule has 0 fully saturated rings. The highest BCUT2D eigenvalue weighted by molar-refractivity contribution is 5.52. The zero-order valence-electron chi connectivity index (χ0n) is 10.2. The first kappa shape index (κ1) is 13.3. The fourth-order valence-electron chi connectivity index (χ4n) is 1.87. The van der Waals surface area contributed by atoms with Crippen molar-refractivity contribution in [3.05, 3.63) is 59.2 Å². The SMILES string of the molecule is COc1ccc(F)cc1C(O)c1cc(F)ccc1N. The molecule has 0 bridgehead atoms. The van der Waals surface area contributed by atoms with E-state index in [2.05, 4.69) is 0 Å². The van der Waals surface area contributed by atoms with Crippen LogP contribution in [-0.2, 0) is 0 Å². The molecule has 2 aromatic rings. The molecule has 0 amide bonds. The third kappa shape index (κ3) is 2.66. The number of nitrogens with two attached hydrogens (primary N) is 1. The Bertz CT molecular complexity index is 602. The van der Waals surface area contributed by atoms with Crippen molar-refractivity contribution in [2.45, 2.75) is 6.10 Å². The maximum Gasteiger partial charge on any atom is 0.125 e. The summed E-state index contributed by atoms with van der Waals surface area (Å²) in [4.78, 5) is 0. The molecule has 100 valence electrons. The van der Waals surface area contributed by atoms with E-state index in [-0.39, 0.29) is 16.8 Å². The standard InChI is InChI=1S/C14H13F2NO2/c1-19-13-5-3-9(16)7-11(13)14(18)10-6-8(15)2-4-12(10)17/h2-7,14,18H,17H2,1H3. The van der Waals surface area contributed by atoms with E-state index < -0.39 is 17.7 Å². The van der Waals surface area contributed by atoms with Crippen molar-refractivity contribution in [1.29, 1.82) is 0 Å². The van der Waals surface area contributed by atoms with Gasteiger partial charge in [0.15, 0.2) is 0 Å². The second kappa shape index (κ2) is 5.24. The first-order valence-corrected chi connectivity index (χ1v) is 5.59. The van der Waals surface area contributed by atoms with Gasteiger partial charge in [0.25, 0.3) is 0 Å².